The van der Waals surface area contributed by atoms with Crippen LogP contribution < -0.4 is 5.32 Å². The van der Waals surface area contributed by atoms with Crippen LogP contribution >= 0.6 is 0 Å². The Hall–Kier alpha value is -2.21. The summed E-state index contributed by atoms with van der Waals surface area (Å²) in [4.78, 5) is 27.0. The van der Waals surface area contributed by atoms with Crippen molar-refractivity contribution in [3.8, 4) is 0 Å². The van der Waals surface area contributed by atoms with E-state index < -0.39 is 11.9 Å². The van der Waals surface area contributed by atoms with Crippen molar-refractivity contribution in [2.24, 2.45) is 0 Å². The van der Waals surface area contributed by atoms with Crippen LogP contribution in [0.1, 0.15) is 26.4 Å². The van der Waals surface area contributed by atoms with Crippen LogP contribution in [0, 0.1) is 0 Å². The number of nitrogens with one attached hydrogen (secondary N) is 1. The predicted molar refractivity (Wildman–Crippen MR) is 93.5 cm³/mol. The summed E-state index contributed by atoms with van der Waals surface area (Å²) in [6, 6.07) is 16.4. The van der Waals surface area contributed by atoms with Gasteiger partial charge in [0, 0.05) is 12.7 Å². The van der Waals surface area contributed by atoms with Gasteiger partial charge in [0.25, 0.3) is 5.91 Å². The van der Waals surface area contributed by atoms with Gasteiger partial charge in [-0.15, -0.1) is 0 Å². The number of rotatable bonds is 4. The maximum absolute atomic E-state index is 12.2. The Bertz CT molecular complexity index is 891. The summed E-state index contributed by atoms with van der Waals surface area (Å²) in [6.45, 7) is 0.346. The number of carbonyl (C=O) groups is 2. The summed E-state index contributed by atoms with van der Waals surface area (Å²) in [5, 5.41) is 13.9. The van der Waals surface area contributed by atoms with E-state index in [4.69, 9.17) is 5.11 Å². The minimum atomic E-state index is -1.09. The average molecular weight is 330 g/mol. The number of hydrogen-bond acceptors (Lipinski definition) is 3. The van der Waals surface area contributed by atoms with E-state index in [2.05, 4.69) is 10.3 Å². The first-order chi connectivity index (χ1) is 11.1. The number of aromatic carboxylic acids is 1. The van der Waals surface area contributed by atoms with E-state index in [0.29, 0.717) is 6.54 Å². The van der Waals surface area contributed by atoms with Crippen LogP contribution in [0.5, 0.6) is 0 Å². The quantitative estimate of drug-likeness (QED) is 0.719. The normalized spacial score (nSPS) is 10.0. The zero-order valence-corrected chi connectivity index (χ0v) is 12.2. The molecule has 0 fully saturated rings. The van der Waals surface area contributed by atoms with Gasteiger partial charge in [-0.25, -0.2) is 4.79 Å². The molecule has 1 heterocycles. The van der Waals surface area contributed by atoms with Crippen molar-refractivity contribution in [3.63, 3.8) is 0 Å². The number of pyridine rings is 1. The van der Waals surface area contributed by atoms with E-state index in [9.17, 15) is 9.59 Å². The van der Waals surface area contributed by atoms with Gasteiger partial charge < -0.3 is 10.4 Å². The number of amides is 1. The Morgan fingerprint density at radius 2 is 1.79 bits per heavy atom. The van der Waals surface area contributed by atoms with Gasteiger partial charge in [0.05, 0.1) is 5.56 Å². The van der Waals surface area contributed by atoms with Gasteiger partial charge in [0.15, 0.2) is 0 Å². The number of hydrogen-bond donors (Lipinski definition) is 2. The first kappa shape index (κ1) is 18.1. The van der Waals surface area contributed by atoms with Crippen LogP contribution in [-0.2, 0) is 6.54 Å². The molecule has 0 aliphatic carbocycles. The molecule has 1 amide bonds. The molecule has 0 aliphatic heterocycles. The zero-order chi connectivity index (χ0) is 16.2. The second-order valence-corrected chi connectivity index (χ2v) is 5.06. The number of fused-ring (bicyclic) bond motifs is 1. The van der Waals surface area contributed by atoms with Crippen molar-refractivity contribution in [2.75, 3.05) is 0 Å². The van der Waals surface area contributed by atoms with E-state index >= 15 is 0 Å². The molecular formula is C18H15N2NaO3. The number of nitrogens with zero attached hydrogens (tertiary/aromatic N) is 1. The Balaban J connectivity index is 0.00000208. The van der Waals surface area contributed by atoms with Crippen molar-refractivity contribution >= 4 is 52.2 Å². The van der Waals surface area contributed by atoms with Crippen LogP contribution in [0.15, 0.2) is 60.8 Å². The van der Waals surface area contributed by atoms with E-state index in [1.165, 1.54) is 18.3 Å². The number of carboxylic acid groups (broad SMARTS) is 1. The van der Waals surface area contributed by atoms with Crippen LogP contribution in [-0.4, -0.2) is 51.5 Å². The fourth-order valence-electron chi connectivity index (χ4n) is 2.40. The molecule has 6 heteroatoms. The molecule has 24 heavy (non-hydrogen) atoms. The molecule has 0 radical (unpaired) electrons. The molecule has 116 valence electrons. The topological polar surface area (TPSA) is 79.3 Å². The summed E-state index contributed by atoms with van der Waals surface area (Å²) in [5.41, 5.74) is 1.12. The summed E-state index contributed by atoms with van der Waals surface area (Å²) in [7, 11) is 0. The zero-order valence-electron chi connectivity index (χ0n) is 12.2. The Kier molecular flexibility index (Phi) is 6.09. The standard InChI is InChI=1S/C18H14N2O3.Na.H/c21-17(16-10-13(18(22)23)8-9-19-16)20-11-14-6-3-5-12-4-1-2-7-15(12)14;;/h1-10H,11H2,(H,20,21)(H,22,23);;. The molecule has 0 aliphatic rings. The number of carboxylic acids is 1. The fraction of sp³-hybridized carbons (Fsp3) is 0.0556. The Morgan fingerprint density at radius 3 is 2.58 bits per heavy atom. The molecule has 0 atom stereocenters. The van der Waals surface area contributed by atoms with Crippen molar-refractivity contribution in [1.82, 2.24) is 10.3 Å². The van der Waals surface area contributed by atoms with Crippen LogP contribution in [0.25, 0.3) is 10.8 Å². The summed E-state index contributed by atoms with van der Waals surface area (Å²) in [5.74, 6) is -1.49. The van der Waals surface area contributed by atoms with Crippen LogP contribution in [0.3, 0.4) is 0 Å². The molecule has 0 unspecified atom stereocenters. The van der Waals surface area contributed by atoms with Gasteiger partial charge in [0.2, 0.25) is 0 Å². The van der Waals surface area contributed by atoms with E-state index in [0.717, 1.165) is 16.3 Å². The van der Waals surface area contributed by atoms with Gasteiger partial charge in [-0.05, 0) is 28.5 Å². The summed E-state index contributed by atoms with van der Waals surface area (Å²) >= 11 is 0. The molecule has 2 aromatic carbocycles. The third-order valence-electron chi connectivity index (χ3n) is 3.56. The third-order valence-corrected chi connectivity index (χ3v) is 3.56. The average Bonchev–Trinajstić information content (AvgIpc) is 2.59. The van der Waals surface area contributed by atoms with Gasteiger partial charge >= 0.3 is 35.5 Å². The number of benzene rings is 2. The predicted octanol–water partition coefficient (Wildman–Crippen LogP) is 2.21. The summed E-state index contributed by atoms with van der Waals surface area (Å²) in [6.07, 6.45) is 1.32. The second-order valence-electron chi connectivity index (χ2n) is 5.06. The number of carbonyl (C=O) groups excluding carboxylic acids is 1. The first-order valence-electron chi connectivity index (χ1n) is 7.09. The second kappa shape index (κ2) is 8.06. The Labute approximate surface area is 161 Å². The maximum atomic E-state index is 12.2. The molecule has 0 spiro atoms. The van der Waals surface area contributed by atoms with Gasteiger partial charge in [-0.2, -0.15) is 0 Å². The molecule has 3 aromatic rings. The molecule has 0 saturated carbocycles. The van der Waals surface area contributed by atoms with E-state index in [1.54, 1.807) is 0 Å². The van der Waals surface area contributed by atoms with Crippen molar-refractivity contribution in [1.29, 1.82) is 0 Å². The molecule has 0 saturated heterocycles. The summed E-state index contributed by atoms with van der Waals surface area (Å²) < 4.78 is 0. The van der Waals surface area contributed by atoms with E-state index in [1.807, 2.05) is 42.5 Å². The monoisotopic (exact) mass is 330 g/mol. The molecule has 2 N–H and O–H groups in total. The van der Waals surface area contributed by atoms with Crippen molar-refractivity contribution in [2.45, 2.75) is 6.54 Å². The van der Waals surface area contributed by atoms with Gasteiger partial charge in [-0.3, -0.25) is 9.78 Å². The minimum absolute atomic E-state index is 0. The molecule has 5 nitrogen and oxygen atoms in total. The van der Waals surface area contributed by atoms with Gasteiger partial charge in [0.1, 0.15) is 5.69 Å². The molecular weight excluding hydrogens is 315 g/mol. The fourth-order valence-corrected chi connectivity index (χ4v) is 2.40. The molecule has 0 bridgehead atoms. The Morgan fingerprint density at radius 1 is 1.04 bits per heavy atom. The van der Waals surface area contributed by atoms with Crippen molar-refractivity contribution in [3.05, 3.63) is 77.6 Å². The van der Waals surface area contributed by atoms with Crippen LogP contribution in [0.2, 0.25) is 0 Å². The third kappa shape index (κ3) is 4.00. The molecule has 1 aromatic heterocycles. The first-order valence-corrected chi connectivity index (χ1v) is 7.09. The van der Waals surface area contributed by atoms with Crippen molar-refractivity contribution < 1.29 is 14.7 Å². The van der Waals surface area contributed by atoms with E-state index in [-0.39, 0.29) is 40.8 Å². The van der Waals surface area contributed by atoms with Crippen LogP contribution in [0.4, 0.5) is 0 Å². The van der Waals surface area contributed by atoms with Gasteiger partial charge in [-0.1, -0.05) is 42.5 Å². The number of aromatic nitrogens is 1. The SMILES string of the molecule is O=C(O)c1ccnc(C(=O)NCc2cccc3ccccc23)c1.[NaH]. The molecule has 3 rings (SSSR count).